The van der Waals surface area contributed by atoms with Gasteiger partial charge >= 0.3 is 6.03 Å². The van der Waals surface area contributed by atoms with E-state index in [-0.39, 0.29) is 18.4 Å². The van der Waals surface area contributed by atoms with Crippen molar-refractivity contribution < 1.29 is 23.5 Å². The minimum atomic E-state index is -0.352. The number of carbonyl (C=O) groups excluding carboxylic acids is 2. The summed E-state index contributed by atoms with van der Waals surface area (Å²) in [7, 11) is 3.12. The molecule has 2 aromatic carbocycles. The molecule has 3 aromatic rings. The van der Waals surface area contributed by atoms with E-state index in [1.165, 1.54) is 0 Å². The minimum absolute atomic E-state index is 0.155. The van der Waals surface area contributed by atoms with Crippen molar-refractivity contribution in [3.63, 3.8) is 0 Å². The van der Waals surface area contributed by atoms with Crippen LogP contribution in [0.2, 0.25) is 0 Å². The fourth-order valence-electron chi connectivity index (χ4n) is 2.77. The van der Waals surface area contributed by atoms with E-state index in [1.54, 1.807) is 75.1 Å². The third-order valence-electron chi connectivity index (χ3n) is 4.28. The third kappa shape index (κ3) is 5.78. The van der Waals surface area contributed by atoms with E-state index in [4.69, 9.17) is 13.9 Å². The van der Waals surface area contributed by atoms with Crippen LogP contribution in [0.3, 0.4) is 0 Å². The maximum atomic E-state index is 12.4. The quantitative estimate of drug-likeness (QED) is 0.525. The molecule has 0 aliphatic heterocycles. The van der Waals surface area contributed by atoms with Crippen LogP contribution in [0.15, 0.2) is 65.3 Å². The highest BCUT2D eigenvalue weighted by molar-refractivity contribution is 5.93. The van der Waals surface area contributed by atoms with Crippen LogP contribution in [0.25, 0.3) is 0 Å². The molecule has 0 saturated carbocycles. The van der Waals surface area contributed by atoms with Gasteiger partial charge in [0.25, 0.3) is 0 Å². The Morgan fingerprint density at radius 1 is 0.933 bits per heavy atom. The van der Waals surface area contributed by atoms with Gasteiger partial charge in [-0.15, -0.1) is 0 Å². The molecule has 0 fully saturated rings. The van der Waals surface area contributed by atoms with E-state index >= 15 is 0 Å². The van der Waals surface area contributed by atoms with Gasteiger partial charge in [-0.1, -0.05) is 6.07 Å². The fourth-order valence-corrected chi connectivity index (χ4v) is 2.77. The predicted molar refractivity (Wildman–Crippen MR) is 113 cm³/mol. The number of ether oxygens (including phenoxy) is 2. The van der Waals surface area contributed by atoms with Crippen LogP contribution in [-0.2, 0) is 17.8 Å². The van der Waals surface area contributed by atoms with Crippen molar-refractivity contribution in [1.29, 1.82) is 0 Å². The zero-order valence-corrected chi connectivity index (χ0v) is 16.7. The number of hydrogen-bond donors (Lipinski definition) is 3. The van der Waals surface area contributed by atoms with Crippen molar-refractivity contribution in [3.05, 3.63) is 72.2 Å². The van der Waals surface area contributed by atoms with Crippen molar-refractivity contribution >= 4 is 23.3 Å². The Balaban J connectivity index is 1.51. The standard InChI is InChI=1S/C22H23N3O5/c1-28-18-10-5-15(20(13-18)29-2)12-21(26)24-16-6-8-17(9-7-16)25-22(27)23-14-19-4-3-11-30-19/h3-11,13H,12,14H2,1-2H3,(H,24,26)(H2,23,25,27). The van der Waals surface area contributed by atoms with E-state index in [0.29, 0.717) is 35.2 Å². The van der Waals surface area contributed by atoms with Gasteiger partial charge in [-0.25, -0.2) is 4.79 Å². The SMILES string of the molecule is COc1ccc(CC(=O)Nc2ccc(NC(=O)NCc3ccco3)cc2)c(OC)c1. The van der Waals surface area contributed by atoms with E-state index in [9.17, 15) is 9.59 Å². The molecule has 3 rings (SSSR count). The Hall–Kier alpha value is -3.94. The van der Waals surface area contributed by atoms with Gasteiger partial charge in [0.1, 0.15) is 17.3 Å². The lowest BCUT2D eigenvalue weighted by Gasteiger charge is -2.11. The van der Waals surface area contributed by atoms with E-state index in [2.05, 4.69) is 16.0 Å². The zero-order chi connectivity index (χ0) is 21.3. The summed E-state index contributed by atoms with van der Waals surface area (Å²) in [5.74, 6) is 1.73. The summed E-state index contributed by atoms with van der Waals surface area (Å²) >= 11 is 0. The Morgan fingerprint density at radius 3 is 2.30 bits per heavy atom. The normalized spacial score (nSPS) is 10.2. The monoisotopic (exact) mass is 409 g/mol. The molecule has 0 aliphatic carbocycles. The van der Waals surface area contributed by atoms with Crippen molar-refractivity contribution in [2.45, 2.75) is 13.0 Å². The summed E-state index contributed by atoms with van der Waals surface area (Å²) in [6.45, 7) is 0.293. The number of furan rings is 1. The van der Waals surface area contributed by atoms with Gasteiger partial charge in [0, 0.05) is 23.0 Å². The first kappa shape index (κ1) is 20.8. The van der Waals surface area contributed by atoms with Crippen LogP contribution < -0.4 is 25.4 Å². The molecule has 0 spiro atoms. The van der Waals surface area contributed by atoms with Gasteiger partial charge in [-0.3, -0.25) is 4.79 Å². The molecule has 0 radical (unpaired) electrons. The van der Waals surface area contributed by atoms with Gasteiger partial charge in [-0.05, 0) is 42.5 Å². The lowest BCUT2D eigenvalue weighted by Crippen LogP contribution is -2.27. The molecule has 0 unspecified atom stereocenters. The summed E-state index contributed by atoms with van der Waals surface area (Å²) in [6.07, 6.45) is 1.70. The van der Waals surface area contributed by atoms with Crippen molar-refractivity contribution in [2.24, 2.45) is 0 Å². The van der Waals surface area contributed by atoms with Crippen LogP contribution in [0.1, 0.15) is 11.3 Å². The topological polar surface area (TPSA) is 102 Å². The molecular formula is C22H23N3O5. The molecule has 0 bridgehead atoms. The van der Waals surface area contributed by atoms with Crippen LogP contribution in [0.5, 0.6) is 11.5 Å². The zero-order valence-electron chi connectivity index (χ0n) is 16.7. The number of urea groups is 1. The first-order valence-electron chi connectivity index (χ1n) is 9.25. The van der Waals surface area contributed by atoms with Gasteiger partial charge < -0.3 is 29.8 Å². The molecule has 3 amide bonds. The second-order valence-electron chi connectivity index (χ2n) is 6.37. The molecule has 3 N–H and O–H groups in total. The first-order chi connectivity index (χ1) is 14.6. The predicted octanol–water partition coefficient (Wildman–Crippen LogP) is 3.80. The Bertz CT molecular complexity index is 985. The molecule has 8 nitrogen and oxygen atoms in total. The summed E-state index contributed by atoms with van der Waals surface area (Å²) in [5.41, 5.74) is 1.97. The maximum Gasteiger partial charge on any atom is 0.319 e. The lowest BCUT2D eigenvalue weighted by atomic mass is 10.1. The molecular weight excluding hydrogens is 386 g/mol. The first-order valence-corrected chi connectivity index (χ1v) is 9.25. The van der Waals surface area contributed by atoms with Crippen molar-refractivity contribution in [1.82, 2.24) is 5.32 Å². The number of amides is 3. The fraction of sp³-hybridized carbons (Fsp3) is 0.182. The number of rotatable bonds is 8. The van der Waals surface area contributed by atoms with Crippen molar-refractivity contribution in [3.8, 4) is 11.5 Å². The van der Waals surface area contributed by atoms with Gasteiger partial charge in [-0.2, -0.15) is 0 Å². The highest BCUT2D eigenvalue weighted by Crippen LogP contribution is 2.25. The van der Waals surface area contributed by atoms with Gasteiger partial charge in [0.05, 0.1) is 33.4 Å². The summed E-state index contributed by atoms with van der Waals surface area (Å²) in [6, 6.07) is 15.3. The number of hydrogen-bond acceptors (Lipinski definition) is 5. The molecule has 0 atom stereocenters. The highest BCUT2D eigenvalue weighted by Gasteiger charge is 2.11. The number of carbonyl (C=O) groups is 2. The van der Waals surface area contributed by atoms with E-state index in [0.717, 1.165) is 5.56 Å². The molecule has 156 valence electrons. The molecule has 1 aromatic heterocycles. The smallest absolute Gasteiger partial charge is 0.319 e. The molecule has 0 saturated heterocycles. The van der Waals surface area contributed by atoms with E-state index < -0.39 is 0 Å². The molecule has 0 aliphatic rings. The molecule has 1 heterocycles. The Morgan fingerprint density at radius 2 is 1.67 bits per heavy atom. The van der Waals surface area contributed by atoms with Gasteiger partial charge in [0.2, 0.25) is 5.91 Å². The van der Waals surface area contributed by atoms with Gasteiger partial charge in [0.15, 0.2) is 0 Å². The number of benzene rings is 2. The highest BCUT2D eigenvalue weighted by atomic mass is 16.5. The van der Waals surface area contributed by atoms with Crippen molar-refractivity contribution in [2.75, 3.05) is 24.9 Å². The van der Waals surface area contributed by atoms with Crippen LogP contribution in [0, 0.1) is 0 Å². The Kier molecular flexibility index (Phi) is 6.94. The largest absolute Gasteiger partial charge is 0.497 e. The van der Waals surface area contributed by atoms with E-state index in [1.807, 2.05) is 0 Å². The molecule has 8 heteroatoms. The maximum absolute atomic E-state index is 12.4. The summed E-state index contributed by atoms with van der Waals surface area (Å²) in [4.78, 5) is 24.3. The van der Waals surface area contributed by atoms with Crippen LogP contribution in [-0.4, -0.2) is 26.2 Å². The number of anilines is 2. The minimum Gasteiger partial charge on any atom is -0.497 e. The third-order valence-corrected chi connectivity index (χ3v) is 4.28. The summed E-state index contributed by atoms with van der Waals surface area (Å²) in [5, 5.41) is 8.24. The van der Waals surface area contributed by atoms with Crippen LogP contribution >= 0.6 is 0 Å². The second kappa shape index (κ2) is 10.0. The average Bonchev–Trinajstić information content (AvgIpc) is 3.27. The number of nitrogens with one attached hydrogen (secondary N) is 3. The average molecular weight is 409 g/mol. The Labute approximate surface area is 174 Å². The number of methoxy groups -OCH3 is 2. The molecule has 30 heavy (non-hydrogen) atoms. The second-order valence-corrected chi connectivity index (χ2v) is 6.37. The lowest BCUT2D eigenvalue weighted by molar-refractivity contribution is -0.115. The van der Waals surface area contributed by atoms with Crippen LogP contribution in [0.4, 0.5) is 16.2 Å². The summed E-state index contributed by atoms with van der Waals surface area (Å²) < 4.78 is 15.6.